The monoisotopic (exact) mass is 358 g/mol. The molecule has 0 aromatic heterocycles. The molecule has 5 aromatic carbocycles. The van der Waals surface area contributed by atoms with Crippen LogP contribution in [0.2, 0.25) is 0 Å². The first-order chi connectivity index (χ1) is 13.8. The average Bonchev–Trinajstić information content (AvgIpc) is 2.75. The first kappa shape index (κ1) is 16.5. The van der Waals surface area contributed by atoms with Crippen molar-refractivity contribution in [3.63, 3.8) is 0 Å². The molecular formula is C27H18O. The van der Waals surface area contributed by atoms with E-state index in [1.807, 2.05) is 60.7 Å². The van der Waals surface area contributed by atoms with E-state index in [0.29, 0.717) is 0 Å². The van der Waals surface area contributed by atoms with Crippen LogP contribution in [-0.2, 0) is 0 Å². The summed E-state index contributed by atoms with van der Waals surface area (Å²) in [6, 6.07) is 32.8. The van der Waals surface area contributed by atoms with Gasteiger partial charge in [-0.05, 0) is 56.1 Å². The van der Waals surface area contributed by atoms with Crippen molar-refractivity contribution in [3.8, 4) is 0 Å². The van der Waals surface area contributed by atoms with Gasteiger partial charge in [0.15, 0.2) is 5.78 Å². The van der Waals surface area contributed by atoms with Crippen LogP contribution in [0, 0.1) is 0 Å². The van der Waals surface area contributed by atoms with Crippen LogP contribution < -0.4 is 0 Å². The second-order valence-electron chi connectivity index (χ2n) is 7.00. The number of hydrogen-bond acceptors (Lipinski definition) is 1. The van der Waals surface area contributed by atoms with E-state index in [4.69, 9.17) is 0 Å². The van der Waals surface area contributed by atoms with E-state index >= 15 is 0 Å². The Kier molecular flexibility index (Phi) is 3.99. The molecule has 132 valence electrons. The molecule has 5 rings (SSSR count). The van der Waals surface area contributed by atoms with Gasteiger partial charge in [0.2, 0.25) is 0 Å². The number of carbonyl (C=O) groups is 1. The maximum Gasteiger partial charge on any atom is 0.187 e. The van der Waals surface area contributed by atoms with Crippen LogP contribution in [0.3, 0.4) is 0 Å². The summed E-state index contributed by atoms with van der Waals surface area (Å²) < 4.78 is 0. The van der Waals surface area contributed by atoms with Crippen molar-refractivity contribution < 1.29 is 4.79 Å². The first-order valence-corrected chi connectivity index (χ1v) is 9.41. The molecule has 1 nitrogen and oxygen atoms in total. The minimum absolute atomic E-state index is 0.0289. The predicted molar refractivity (Wildman–Crippen MR) is 119 cm³/mol. The highest BCUT2D eigenvalue weighted by molar-refractivity contribution is 6.23. The Labute approximate surface area is 163 Å². The molecule has 0 saturated heterocycles. The van der Waals surface area contributed by atoms with E-state index in [1.165, 1.54) is 10.8 Å². The summed E-state index contributed by atoms with van der Waals surface area (Å²) in [5, 5.41) is 6.54. The Bertz CT molecular complexity index is 1320. The number of ketones is 1. The number of rotatable bonds is 3. The van der Waals surface area contributed by atoms with Crippen molar-refractivity contribution in [1.82, 2.24) is 0 Å². The third-order valence-corrected chi connectivity index (χ3v) is 5.22. The van der Waals surface area contributed by atoms with E-state index in [1.54, 1.807) is 6.08 Å². The van der Waals surface area contributed by atoms with Gasteiger partial charge in [-0.25, -0.2) is 0 Å². The summed E-state index contributed by atoms with van der Waals surface area (Å²) in [7, 11) is 0. The van der Waals surface area contributed by atoms with Crippen molar-refractivity contribution in [1.29, 1.82) is 0 Å². The van der Waals surface area contributed by atoms with Gasteiger partial charge in [-0.15, -0.1) is 0 Å². The molecule has 5 aromatic rings. The standard InChI is InChI=1S/C27H18O/c28-26(16-14-19-13-15-20-7-1-2-8-21(20)17-19)27-24-11-5-3-9-22(24)18-23-10-4-6-12-25(23)27/h1-18H/b16-14+. The maximum atomic E-state index is 13.2. The molecule has 0 bridgehead atoms. The second-order valence-corrected chi connectivity index (χ2v) is 7.00. The lowest BCUT2D eigenvalue weighted by atomic mass is 9.94. The molecule has 0 amide bonds. The highest BCUT2D eigenvalue weighted by Gasteiger charge is 2.12. The van der Waals surface area contributed by atoms with Gasteiger partial charge in [-0.1, -0.05) is 91.0 Å². The molecule has 0 N–H and O–H groups in total. The fraction of sp³-hybridized carbons (Fsp3) is 0. The van der Waals surface area contributed by atoms with Gasteiger partial charge in [0, 0.05) is 5.56 Å². The number of allylic oxidation sites excluding steroid dienone is 1. The third kappa shape index (κ3) is 2.87. The molecule has 0 radical (unpaired) electrons. The number of fused-ring (bicyclic) bond motifs is 3. The molecule has 0 atom stereocenters. The van der Waals surface area contributed by atoms with E-state index in [-0.39, 0.29) is 5.78 Å². The Morgan fingerprint density at radius 1 is 0.571 bits per heavy atom. The summed E-state index contributed by atoms with van der Waals surface area (Å²) in [6.07, 6.45) is 3.60. The summed E-state index contributed by atoms with van der Waals surface area (Å²) in [5.74, 6) is 0.0289. The van der Waals surface area contributed by atoms with Gasteiger partial charge >= 0.3 is 0 Å². The second kappa shape index (κ2) is 6.79. The fourth-order valence-corrected chi connectivity index (χ4v) is 3.85. The molecule has 0 fully saturated rings. The minimum atomic E-state index is 0.0289. The predicted octanol–water partition coefficient (Wildman–Crippen LogP) is 7.04. The van der Waals surface area contributed by atoms with Crippen molar-refractivity contribution in [3.05, 3.63) is 114 Å². The van der Waals surface area contributed by atoms with Crippen molar-refractivity contribution in [2.45, 2.75) is 0 Å². The molecule has 0 spiro atoms. The van der Waals surface area contributed by atoms with E-state index in [9.17, 15) is 4.79 Å². The number of carbonyl (C=O) groups excluding carboxylic acids is 1. The Balaban J connectivity index is 1.62. The summed E-state index contributed by atoms with van der Waals surface area (Å²) in [5.41, 5.74) is 1.79. The van der Waals surface area contributed by atoms with Crippen molar-refractivity contribution >= 4 is 44.2 Å². The molecule has 0 aliphatic rings. The van der Waals surface area contributed by atoms with Gasteiger partial charge in [-0.3, -0.25) is 4.79 Å². The van der Waals surface area contributed by atoms with Gasteiger partial charge in [0.05, 0.1) is 0 Å². The van der Waals surface area contributed by atoms with Crippen LogP contribution in [0.5, 0.6) is 0 Å². The van der Waals surface area contributed by atoms with Gasteiger partial charge in [-0.2, -0.15) is 0 Å². The highest BCUT2D eigenvalue weighted by Crippen LogP contribution is 2.29. The zero-order valence-corrected chi connectivity index (χ0v) is 15.3. The topological polar surface area (TPSA) is 17.1 Å². The largest absolute Gasteiger partial charge is 0.289 e. The number of benzene rings is 5. The molecule has 1 heteroatoms. The van der Waals surface area contributed by atoms with Crippen LogP contribution in [0.15, 0.2) is 103 Å². The molecule has 28 heavy (non-hydrogen) atoms. The van der Waals surface area contributed by atoms with Crippen LogP contribution in [-0.4, -0.2) is 5.78 Å². The van der Waals surface area contributed by atoms with Gasteiger partial charge in [0.1, 0.15) is 0 Å². The molecule has 0 unspecified atom stereocenters. The summed E-state index contributed by atoms with van der Waals surface area (Å²) in [6.45, 7) is 0. The van der Waals surface area contributed by atoms with Crippen molar-refractivity contribution in [2.24, 2.45) is 0 Å². The fourth-order valence-electron chi connectivity index (χ4n) is 3.85. The average molecular weight is 358 g/mol. The van der Waals surface area contributed by atoms with E-state index in [0.717, 1.165) is 32.7 Å². The van der Waals surface area contributed by atoms with Crippen LogP contribution in [0.4, 0.5) is 0 Å². The first-order valence-electron chi connectivity index (χ1n) is 9.41. The zero-order valence-electron chi connectivity index (χ0n) is 15.3. The smallest absolute Gasteiger partial charge is 0.187 e. The summed E-state index contributed by atoms with van der Waals surface area (Å²) >= 11 is 0. The SMILES string of the molecule is O=C(/C=C/c1ccc2ccccc2c1)c1c2ccccc2cc2ccccc12. The molecule has 0 heterocycles. The molecule has 0 aliphatic heterocycles. The third-order valence-electron chi connectivity index (χ3n) is 5.22. The Morgan fingerprint density at radius 3 is 1.82 bits per heavy atom. The lowest BCUT2D eigenvalue weighted by Gasteiger charge is -2.09. The quantitative estimate of drug-likeness (QED) is 0.192. The Hall–Kier alpha value is -3.71. The van der Waals surface area contributed by atoms with Gasteiger partial charge in [0.25, 0.3) is 0 Å². The molecule has 0 aliphatic carbocycles. The Morgan fingerprint density at radius 2 is 1.14 bits per heavy atom. The lowest BCUT2D eigenvalue weighted by molar-refractivity contribution is 0.105. The van der Waals surface area contributed by atoms with E-state index in [2.05, 4.69) is 42.5 Å². The molecule has 0 saturated carbocycles. The summed E-state index contributed by atoms with van der Waals surface area (Å²) in [4.78, 5) is 13.2. The zero-order chi connectivity index (χ0) is 18.9. The number of hydrogen-bond donors (Lipinski definition) is 0. The van der Waals surface area contributed by atoms with Crippen LogP contribution >= 0.6 is 0 Å². The lowest BCUT2D eigenvalue weighted by Crippen LogP contribution is -1.98. The normalized spacial score (nSPS) is 11.6. The van der Waals surface area contributed by atoms with Crippen LogP contribution in [0.25, 0.3) is 38.4 Å². The highest BCUT2D eigenvalue weighted by atomic mass is 16.1. The van der Waals surface area contributed by atoms with Crippen LogP contribution in [0.1, 0.15) is 15.9 Å². The maximum absolute atomic E-state index is 13.2. The van der Waals surface area contributed by atoms with Crippen molar-refractivity contribution in [2.75, 3.05) is 0 Å². The molecular weight excluding hydrogens is 340 g/mol. The van der Waals surface area contributed by atoms with Gasteiger partial charge < -0.3 is 0 Å². The minimum Gasteiger partial charge on any atom is -0.289 e. The van der Waals surface area contributed by atoms with E-state index < -0.39 is 0 Å².